The highest BCUT2D eigenvalue weighted by Gasteiger charge is 2.11. The molecule has 0 atom stereocenters. The van der Waals surface area contributed by atoms with Crippen LogP contribution in [0.15, 0.2) is 24.3 Å². The molecule has 23 heavy (non-hydrogen) atoms. The fraction of sp³-hybridized carbons (Fsp3) is 0.632. The Morgan fingerprint density at radius 1 is 0.826 bits per heavy atom. The van der Waals surface area contributed by atoms with Gasteiger partial charge in [-0.25, -0.2) is 0 Å². The minimum absolute atomic E-state index is 0.502. The second kappa shape index (κ2) is 10.9. The zero-order chi connectivity index (χ0) is 16.3. The fourth-order valence-corrected chi connectivity index (χ4v) is 3.60. The largest absolute Gasteiger partial charge is 0.360 e. The van der Waals surface area contributed by atoms with Crippen molar-refractivity contribution < 1.29 is 0 Å². The molecule has 0 radical (unpaired) electrons. The Morgan fingerprint density at radius 3 is 1.83 bits per heavy atom. The average Bonchev–Trinajstić information content (AvgIpc) is 2.52. The number of benzene rings is 1. The fourth-order valence-electron chi connectivity index (χ4n) is 3.19. The van der Waals surface area contributed by atoms with Gasteiger partial charge in [0.05, 0.1) is 0 Å². The summed E-state index contributed by atoms with van der Waals surface area (Å²) in [5.41, 5.74) is 0.986. The first-order valence-corrected chi connectivity index (χ1v) is 9.86. The van der Waals surface area contributed by atoms with Gasteiger partial charge in [0.15, 0.2) is 5.11 Å². The lowest BCUT2D eigenvalue weighted by molar-refractivity contribution is 0.444. The second-order valence-electron chi connectivity index (χ2n) is 6.56. The molecule has 0 bridgehead atoms. The van der Waals surface area contributed by atoms with Crippen LogP contribution < -0.4 is 10.6 Å². The third kappa shape index (κ3) is 8.03. The summed E-state index contributed by atoms with van der Waals surface area (Å²) in [5.74, 6) is 0. The Kier molecular flexibility index (Phi) is 8.77. The molecule has 0 heterocycles. The molecule has 2 nitrogen and oxygen atoms in total. The lowest BCUT2D eigenvalue weighted by Crippen LogP contribution is -2.37. The van der Waals surface area contributed by atoms with E-state index in [2.05, 4.69) is 10.6 Å². The predicted molar refractivity (Wildman–Crippen MR) is 105 cm³/mol. The number of rotatable bonds is 2. The summed E-state index contributed by atoms with van der Waals surface area (Å²) >= 11 is 11.4. The van der Waals surface area contributed by atoms with Gasteiger partial charge in [-0.3, -0.25) is 0 Å². The Bertz CT molecular complexity index is 449. The van der Waals surface area contributed by atoms with Crippen LogP contribution in [-0.2, 0) is 0 Å². The Hall–Kier alpha value is -0.800. The van der Waals surface area contributed by atoms with Crippen molar-refractivity contribution >= 4 is 34.6 Å². The number of hydrogen-bond donors (Lipinski definition) is 2. The molecule has 0 saturated heterocycles. The Labute approximate surface area is 151 Å². The normalized spacial score (nSPS) is 18.5. The zero-order valence-corrected chi connectivity index (χ0v) is 15.5. The molecule has 0 aromatic heterocycles. The number of hydrogen-bond acceptors (Lipinski definition) is 1. The summed E-state index contributed by atoms with van der Waals surface area (Å²) < 4.78 is 0. The molecule has 2 rings (SSSR count). The second-order valence-corrected chi connectivity index (χ2v) is 7.41. The molecule has 4 heteroatoms. The summed E-state index contributed by atoms with van der Waals surface area (Å²) in [7, 11) is 0. The van der Waals surface area contributed by atoms with Gasteiger partial charge < -0.3 is 10.6 Å². The minimum Gasteiger partial charge on any atom is -0.360 e. The van der Waals surface area contributed by atoms with Gasteiger partial charge >= 0.3 is 0 Å². The Morgan fingerprint density at radius 2 is 1.30 bits per heavy atom. The topological polar surface area (TPSA) is 24.1 Å². The molecule has 0 unspecified atom stereocenters. The zero-order valence-electron chi connectivity index (χ0n) is 14.0. The van der Waals surface area contributed by atoms with Crippen molar-refractivity contribution in [2.24, 2.45) is 0 Å². The quantitative estimate of drug-likeness (QED) is 0.610. The smallest absolute Gasteiger partial charge is 0.170 e. The van der Waals surface area contributed by atoms with E-state index in [1.54, 1.807) is 0 Å². The summed E-state index contributed by atoms with van der Waals surface area (Å²) in [6.45, 7) is 0. The highest BCUT2D eigenvalue weighted by Crippen LogP contribution is 2.17. The molecule has 0 aliphatic heterocycles. The van der Waals surface area contributed by atoms with Crippen molar-refractivity contribution in [3.05, 3.63) is 29.3 Å². The lowest BCUT2D eigenvalue weighted by atomic mass is 9.98. The van der Waals surface area contributed by atoms with E-state index in [9.17, 15) is 0 Å². The minimum atomic E-state index is 0.502. The molecule has 2 N–H and O–H groups in total. The van der Waals surface area contributed by atoms with Gasteiger partial charge in [-0.2, -0.15) is 0 Å². The van der Waals surface area contributed by atoms with Gasteiger partial charge in [0.1, 0.15) is 0 Å². The standard InChI is InChI=1S/C19H29ClN2S/c20-16-12-14-18(15-13-16)22-19(23)21-17-10-8-6-4-2-1-3-5-7-9-11-17/h12-15,17H,1-11H2,(H2,21,22,23). The highest BCUT2D eigenvalue weighted by molar-refractivity contribution is 7.80. The molecule has 128 valence electrons. The molecule has 1 aromatic carbocycles. The van der Waals surface area contributed by atoms with Crippen LogP contribution in [0.3, 0.4) is 0 Å². The van der Waals surface area contributed by atoms with Crippen LogP contribution in [-0.4, -0.2) is 11.2 Å². The third-order valence-corrected chi connectivity index (χ3v) is 5.01. The first kappa shape index (κ1) is 18.5. The van der Waals surface area contributed by atoms with E-state index in [0.29, 0.717) is 6.04 Å². The lowest BCUT2D eigenvalue weighted by Gasteiger charge is -2.21. The van der Waals surface area contributed by atoms with Gasteiger partial charge in [0.25, 0.3) is 0 Å². The molecular formula is C19H29ClN2S. The van der Waals surface area contributed by atoms with E-state index in [1.165, 1.54) is 70.6 Å². The maximum atomic E-state index is 5.91. The summed E-state index contributed by atoms with van der Waals surface area (Å²) in [6, 6.07) is 8.17. The molecule has 1 aliphatic rings. The number of thiocarbonyl (C=S) groups is 1. The number of halogens is 1. The summed E-state index contributed by atoms with van der Waals surface area (Å²) in [6.07, 6.45) is 14.8. The maximum Gasteiger partial charge on any atom is 0.170 e. The van der Waals surface area contributed by atoms with Crippen molar-refractivity contribution in [2.45, 2.75) is 76.7 Å². The highest BCUT2D eigenvalue weighted by atomic mass is 35.5. The van der Waals surface area contributed by atoms with Crippen LogP contribution in [0.4, 0.5) is 5.69 Å². The Balaban J connectivity index is 1.79. The molecule has 1 fully saturated rings. The molecule has 1 saturated carbocycles. The summed E-state index contributed by atoms with van der Waals surface area (Å²) in [4.78, 5) is 0. The third-order valence-electron chi connectivity index (χ3n) is 4.54. The molecule has 0 spiro atoms. The van der Waals surface area contributed by atoms with E-state index in [-0.39, 0.29) is 0 Å². The SMILES string of the molecule is S=C(Nc1ccc(Cl)cc1)NC1CCCCCCCCCCC1. The monoisotopic (exact) mass is 352 g/mol. The van der Waals surface area contributed by atoms with Gasteiger partial charge in [-0.05, 0) is 49.3 Å². The van der Waals surface area contributed by atoms with Crippen molar-refractivity contribution in [3.63, 3.8) is 0 Å². The molecular weight excluding hydrogens is 324 g/mol. The van der Waals surface area contributed by atoms with Crippen LogP contribution in [0.5, 0.6) is 0 Å². The van der Waals surface area contributed by atoms with Crippen molar-refractivity contribution in [3.8, 4) is 0 Å². The number of anilines is 1. The van der Waals surface area contributed by atoms with Crippen LogP contribution in [0.1, 0.15) is 70.6 Å². The van der Waals surface area contributed by atoms with Crippen molar-refractivity contribution in [1.82, 2.24) is 5.32 Å². The van der Waals surface area contributed by atoms with E-state index >= 15 is 0 Å². The average molecular weight is 353 g/mol. The van der Waals surface area contributed by atoms with Crippen LogP contribution in [0.2, 0.25) is 5.02 Å². The first-order chi connectivity index (χ1) is 11.2. The van der Waals surface area contributed by atoms with Gasteiger partial charge in [0, 0.05) is 16.8 Å². The van der Waals surface area contributed by atoms with E-state index in [4.69, 9.17) is 23.8 Å². The van der Waals surface area contributed by atoms with Gasteiger partial charge in [-0.1, -0.05) is 69.4 Å². The predicted octanol–water partition coefficient (Wildman–Crippen LogP) is 6.30. The van der Waals surface area contributed by atoms with Crippen LogP contribution in [0.25, 0.3) is 0 Å². The molecule has 1 aromatic rings. The first-order valence-electron chi connectivity index (χ1n) is 9.07. The van der Waals surface area contributed by atoms with E-state index in [1.807, 2.05) is 24.3 Å². The van der Waals surface area contributed by atoms with Crippen LogP contribution in [0, 0.1) is 0 Å². The van der Waals surface area contributed by atoms with E-state index in [0.717, 1.165) is 15.8 Å². The van der Waals surface area contributed by atoms with Crippen LogP contribution >= 0.6 is 23.8 Å². The van der Waals surface area contributed by atoms with Gasteiger partial charge in [-0.15, -0.1) is 0 Å². The number of nitrogens with one attached hydrogen (secondary N) is 2. The van der Waals surface area contributed by atoms with Crippen molar-refractivity contribution in [2.75, 3.05) is 5.32 Å². The maximum absolute atomic E-state index is 5.91. The van der Waals surface area contributed by atoms with E-state index < -0.39 is 0 Å². The van der Waals surface area contributed by atoms with Crippen molar-refractivity contribution in [1.29, 1.82) is 0 Å². The summed E-state index contributed by atoms with van der Waals surface area (Å²) in [5, 5.41) is 8.26. The van der Waals surface area contributed by atoms with Gasteiger partial charge in [0.2, 0.25) is 0 Å². The molecule has 1 aliphatic carbocycles. The molecule has 0 amide bonds.